The zero-order valence-corrected chi connectivity index (χ0v) is 23.6. The smallest absolute Gasteiger partial charge is 0.320 e. The predicted molar refractivity (Wildman–Crippen MR) is 155 cm³/mol. The van der Waals surface area contributed by atoms with E-state index in [9.17, 15) is 19.5 Å². The highest BCUT2D eigenvalue weighted by molar-refractivity contribution is 5.95. The van der Waals surface area contributed by atoms with Crippen molar-refractivity contribution < 1.29 is 14.7 Å². The summed E-state index contributed by atoms with van der Waals surface area (Å²) < 4.78 is 4.71. The fraction of sp³-hybridized carbons (Fsp3) is 0.393. The first kappa shape index (κ1) is 27.9. The molecule has 0 unspecified atom stereocenters. The van der Waals surface area contributed by atoms with E-state index in [1.54, 1.807) is 48.3 Å². The number of nitrogens with one attached hydrogen (secondary N) is 3. The fourth-order valence-corrected chi connectivity index (χ4v) is 5.06. The molecule has 41 heavy (non-hydrogen) atoms. The van der Waals surface area contributed by atoms with E-state index in [0.717, 1.165) is 0 Å². The van der Waals surface area contributed by atoms with Crippen molar-refractivity contribution in [2.75, 3.05) is 29.9 Å². The molecule has 3 amide bonds. The van der Waals surface area contributed by atoms with Crippen LogP contribution in [0, 0.1) is 6.92 Å². The second-order valence-corrected chi connectivity index (χ2v) is 10.8. The van der Waals surface area contributed by atoms with Gasteiger partial charge in [0.05, 0.1) is 29.7 Å². The molecule has 4 aromatic rings. The van der Waals surface area contributed by atoms with Crippen molar-refractivity contribution in [3.8, 4) is 5.69 Å². The van der Waals surface area contributed by atoms with Gasteiger partial charge in [0.15, 0.2) is 11.5 Å². The number of aliphatic hydroxyl groups is 1. The number of carbonyl (C=O) groups excluding carboxylic acids is 2. The maximum absolute atomic E-state index is 13.6. The number of rotatable bonds is 8. The molecule has 5 rings (SSSR count). The van der Waals surface area contributed by atoms with Crippen molar-refractivity contribution in [1.29, 1.82) is 0 Å². The van der Waals surface area contributed by atoms with Crippen LogP contribution in [0.1, 0.15) is 43.2 Å². The predicted octanol–water partition coefficient (Wildman–Crippen LogP) is 1.91. The van der Waals surface area contributed by atoms with Gasteiger partial charge in [0.2, 0.25) is 0 Å². The minimum atomic E-state index is -1.10. The number of carbonyl (C=O) groups is 2. The number of nitrogens with zero attached hydrogens (tertiary/aromatic N) is 6. The van der Waals surface area contributed by atoms with Gasteiger partial charge in [-0.2, -0.15) is 0 Å². The van der Waals surface area contributed by atoms with Gasteiger partial charge in [0, 0.05) is 25.7 Å². The van der Waals surface area contributed by atoms with Gasteiger partial charge in [-0.05, 0) is 58.4 Å². The lowest BCUT2D eigenvalue weighted by atomic mass is 10.1. The molecule has 0 radical (unpaired) electrons. The third-order valence-electron chi connectivity index (χ3n) is 6.89. The molecule has 0 spiro atoms. The first-order valence-corrected chi connectivity index (χ1v) is 13.6. The van der Waals surface area contributed by atoms with E-state index in [2.05, 4.69) is 30.9 Å². The molecule has 1 aliphatic heterocycles. The number of anilines is 2. The van der Waals surface area contributed by atoms with Gasteiger partial charge in [-0.1, -0.05) is 18.2 Å². The molecule has 13 nitrogen and oxygen atoms in total. The highest BCUT2D eigenvalue weighted by Gasteiger charge is 2.30. The Morgan fingerprint density at radius 1 is 1.15 bits per heavy atom. The van der Waals surface area contributed by atoms with Crippen LogP contribution in [0.15, 0.2) is 53.5 Å². The molecule has 1 fully saturated rings. The van der Waals surface area contributed by atoms with Gasteiger partial charge in [0.25, 0.3) is 11.5 Å². The summed E-state index contributed by atoms with van der Waals surface area (Å²) in [4.78, 5) is 45.3. The summed E-state index contributed by atoms with van der Waals surface area (Å²) in [6.45, 7) is 8.69. The van der Waals surface area contributed by atoms with E-state index in [1.165, 1.54) is 4.68 Å². The summed E-state index contributed by atoms with van der Waals surface area (Å²) in [5.74, 6) is 0.646. The van der Waals surface area contributed by atoms with Gasteiger partial charge in [-0.25, -0.2) is 19.0 Å². The van der Waals surface area contributed by atoms with E-state index in [-0.39, 0.29) is 24.2 Å². The van der Waals surface area contributed by atoms with Crippen LogP contribution in [-0.2, 0) is 6.54 Å². The van der Waals surface area contributed by atoms with E-state index in [1.807, 2.05) is 37.3 Å². The van der Waals surface area contributed by atoms with Crippen LogP contribution in [0.5, 0.6) is 0 Å². The molecule has 1 aliphatic rings. The molecule has 0 aliphatic carbocycles. The van der Waals surface area contributed by atoms with Gasteiger partial charge in [-0.3, -0.25) is 19.6 Å². The number of fused-ring (bicyclic) bond motifs is 1. The third-order valence-corrected chi connectivity index (χ3v) is 6.89. The maximum Gasteiger partial charge on any atom is 0.320 e. The van der Waals surface area contributed by atoms with Gasteiger partial charge in [0.1, 0.15) is 11.4 Å². The van der Waals surface area contributed by atoms with E-state index in [4.69, 9.17) is 0 Å². The van der Waals surface area contributed by atoms with Gasteiger partial charge in [-0.15, -0.1) is 5.10 Å². The lowest BCUT2D eigenvalue weighted by Crippen LogP contribution is -2.39. The maximum atomic E-state index is 13.6. The number of benzene rings is 1. The lowest BCUT2D eigenvalue weighted by molar-refractivity contribution is 0.0545. The van der Waals surface area contributed by atoms with E-state index < -0.39 is 17.1 Å². The zero-order valence-electron chi connectivity index (χ0n) is 23.6. The Kier molecular flexibility index (Phi) is 7.54. The Balaban J connectivity index is 1.33. The van der Waals surface area contributed by atoms with Crippen molar-refractivity contribution in [3.63, 3.8) is 0 Å². The number of amides is 3. The van der Waals surface area contributed by atoms with Crippen LogP contribution in [-0.4, -0.2) is 72.3 Å². The highest BCUT2D eigenvalue weighted by atomic mass is 16.3. The molecular weight excluding hydrogens is 526 g/mol. The monoisotopic (exact) mass is 561 g/mol. The quantitative estimate of drug-likeness (QED) is 0.257. The van der Waals surface area contributed by atoms with Crippen LogP contribution in [0.2, 0.25) is 0 Å². The molecule has 1 aromatic carbocycles. The molecule has 216 valence electrons. The first-order chi connectivity index (χ1) is 19.5. The molecule has 1 atom stereocenters. The second-order valence-electron chi connectivity index (χ2n) is 10.8. The summed E-state index contributed by atoms with van der Waals surface area (Å²) in [6.07, 6.45) is 2.32. The number of urea groups is 1. The number of hydrogen-bond acceptors (Lipinski definition) is 7. The largest absolute Gasteiger partial charge is 0.389 e. The Morgan fingerprint density at radius 2 is 1.90 bits per heavy atom. The Morgan fingerprint density at radius 3 is 2.61 bits per heavy atom. The third kappa shape index (κ3) is 5.94. The summed E-state index contributed by atoms with van der Waals surface area (Å²) in [5, 5.41) is 23.5. The molecule has 0 bridgehead atoms. The number of para-hydroxylation sites is 1. The zero-order chi connectivity index (χ0) is 29.3. The van der Waals surface area contributed by atoms with Crippen LogP contribution in [0.25, 0.3) is 11.3 Å². The second kappa shape index (κ2) is 11.1. The van der Waals surface area contributed by atoms with Crippen molar-refractivity contribution in [3.05, 3.63) is 70.3 Å². The standard InChI is InChI=1S/C28H35N9O4/c1-5-29-27(40)32-21-16-35-22(31-21)11-12-23(33-35)34-14-13-19(15-34)30-25(38)24-18(2)36(17-28(3,4)41)37(26(24)39)20-9-7-6-8-10-20/h6-12,16,19,41H,5,13-15,17H2,1-4H3,(H,30,38)(H2,29,32,40)/t19-/m0/s1. The SMILES string of the molecule is CCNC(=O)Nc1cn2nc(N3CC[C@H](NC(=O)c4c(C)n(CC(C)(C)O)n(-c5ccccc5)c4=O)C3)ccc2n1. The van der Waals surface area contributed by atoms with Crippen molar-refractivity contribution in [1.82, 2.24) is 34.6 Å². The summed E-state index contributed by atoms with van der Waals surface area (Å²) in [7, 11) is 0. The average Bonchev–Trinajstić information content (AvgIpc) is 3.59. The lowest BCUT2D eigenvalue weighted by Gasteiger charge is -2.22. The fourth-order valence-electron chi connectivity index (χ4n) is 5.06. The minimum absolute atomic E-state index is 0.0571. The first-order valence-electron chi connectivity index (χ1n) is 13.6. The van der Waals surface area contributed by atoms with Crippen LogP contribution >= 0.6 is 0 Å². The Labute approximate surface area is 236 Å². The van der Waals surface area contributed by atoms with Crippen LogP contribution < -0.4 is 26.4 Å². The Hall–Kier alpha value is -4.65. The minimum Gasteiger partial charge on any atom is -0.389 e. The molecule has 4 N–H and O–H groups in total. The number of aromatic nitrogens is 5. The molecule has 3 aromatic heterocycles. The number of imidazole rings is 1. The van der Waals surface area contributed by atoms with Crippen molar-refractivity contribution in [2.45, 2.75) is 52.3 Å². The van der Waals surface area contributed by atoms with Crippen molar-refractivity contribution in [2.24, 2.45) is 0 Å². The summed E-state index contributed by atoms with van der Waals surface area (Å²) in [5.41, 5.74) is 0.203. The van der Waals surface area contributed by atoms with E-state index >= 15 is 0 Å². The molecule has 4 heterocycles. The summed E-state index contributed by atoms with van der Waals surface area (Å²) >= 11 is 0. The molecule has 13 heteroatoms. The Bertz CT molecular complexity index is 1630. The molecular formula is C28H35N9O4. The number of hydrogen-bond donors (Lipinski definition) is 4. The topological polar surface area (TPSA) is 151 Å². The van der Waals surface area contributed by atoms with E-state index in [0.29, 0.717) is 54.7 Å². The average molecular weight is 562 g/mol. The summed E-state index contributed by atoms with van der Waals surface area (Å²) in [6, 6.07) is 12.2. The van der Waals surface area contributed by atoms with Crippen LogP contribution in [0.4, 0.5) is 16.4 Å². The van der Waals surface area contributed by atoms with Crippen LogP contribution in [0.3, 0.4) is 0 Å². The molecule has 0 saturated carbocycles. The highest BCUT2D eigenvalue weighted by Crippen LogP contribution is 2.21. The van der Waals surface area contributed by atoms with Crippen molar-refractivity contribution >= 4 is 29.2 Å². The molecule has 1 saturated heterocycles. The van der Waals surface area contributed by atoms with Gasteiger partial charge >= 0.3 is 6.03 Å². The van der Waals surface area contributed by atoms with Gasteiger partial charge < -0.3 is 20.6 Å². The normalized spacial score (nSPS) is 15.3.